The molecule has 3 rings (SSSR count). The average molecular weight is 362 g/mol. The van der Waals surface area contributed by atoms with Gasteiger partial charge in [0.2, 0.25) is 5.82 Å². The summed E-state index contributed by atoms with van der Waals surface area (Å²) in [6.45, 7) is 0.131. The van der Waals surface area contributed by atoms with Crippen LogP contribution in [0.4, 0.5) is 8.78 Å². The zero-order chi connectivity index (χ0) is 15.7. The van der Waals surface area contributed by atoms with Crippen LogP contribution in [0.3, 0.4) is 0 Å². The Morgan fingerprint density at radius 1 is 1.23 bits per heavy atom. The standard InChI is InChI=1S/C17H10BrF2NO/c18-11-3-4-12-10(8-11)9-22-17-14(13(12)2-1-7-21)5-6-15(19)16(17)20/h2-6,8H,1,9H2/b13-2-. The van der Waals surface area contributed by atoms with Crippen LogP contribution in [0.5, 0.6) is 5.75 Å². The van der Waals surface area contributed by atoms with Crippen LogP contribution in [0.15, 0.2) is 40.9 Å². The van der Waals surface area contributed by atoms with Gasteiger partial charge in [-0.05, 0) is 41.0 Å². The molecule has 0 saturated carbocycles. The molecule has 0 amide bonds. The molecular weight excluding hydrogens is 352 g/mol. The van der Waals surface area contributed by atoms with Gasteiger partial charge in [-0.1, -0.05) is 28.1 Å². The maximum atomic E-state index is 14.1. The molecule has 0 unspecified atom stereocenters. The molecular formula is C17H10BrF2NO. The van der Waals surface area contributed by atoms with Crippen molar-refractivity contribution in [3.05, 3.63) is 69.2 Å². The molecule has 0 N–H and O–H groups in total. The van der Waals surface area contributed by atoms with Crippen molar-refractivity contribution in [3.63, 3.8) is 0 Å². The molecule has 1 aliphatic heterocycles. The molecule has 0 aromatic heterocycles. The maximum absolute atomic E-state index is 14.1. The van der Waals surface area contributed by atoms with E-state index in [2.05, 4.69) is 15.9 Å². The molecule has 0 fully saturated rings. The highest BCUT2D eigenvalue weighted by atomic mass is 79.9. The van der Waals surface area contributed by atoms with E-state index in [4.69, 9.17) is 10.00 Å². The van der Waals surface area contributed by atoms with Gasteiger partial charge in [-0.3, -0.25) is 0 Å². The van der Waals surface area contributed by atoms with Crippen LogP contribution in [0.2, 0.25) is 0 Å². The van der Waals surface area contributed by atoms with E-state index < -0.39 is 11.6 Å². The van der Waals surface area contributed by atoms with Crippen molar-refractivity contribution in [1.82, 2.24) is 0 Å². The van der Waals surface area contributed by atoms with E-state index in [0.717, 1.165) is 21.7 Å². The van der Waals surface area contributed by atoms with E-state index in [1.807, 2.05) is 24.3 Å². The van der Waals surface area contributed by atoms with Gasteiger partial charge in [0.05, 0.1) is 12.5 Å². The van der Waals surface area contributed by atoms with Gasteiger partial charge in [-0.25, -0.2) is 4.39 Å². The number of benzene rings is 2. The third-order valence-corrected chi connectivity index (χ3v) is 3.96. The molecule has 0 radical (unpaired) electrons. The lowest BCUT2D eigenvalue weighted by molar-refractivity contribution is 0.285. The van der Waals surface area contributed by atoms with Crippen LogP contribution in [0.1, 0.15) is 23.1 Å². The summed E-state index contributed by atoms with van der Waals surface area (Å²) in [5, 5.41) is 8.84. The van der Waals surface area contributed by atoms with Gasteiger partial charge in [0.15, 0.2) is 11.6 Å². The Bertz CT molecular complexity index is 824. The number of nitriles is 1. The van der Waals surface area contributed by atoms with Crippen molar-refractivity contribution >= 4 is 21.5 Å². The van der Waals surface area contributed by atoms with Crippen molar-refractivity contribution in [2.75, 3.05) is 0 Å². The van der Waals surface area contributed by atoms with Gasteiger partial charge in [0.1, 0.15) is 6.61 Å². The Hall–Kier alpha value is -2.19. The van der Waals surface area contributed by atoms with Gasteiger partial charge in [-0.15, -0.1) is 0 Å². The molecule has 2 aromatic rings. The van der Waals surface area contributed by atoms with E-state index >= 15 is 0 Å². The first-order valence-corrected chi connectivity index (χ1v) is 7.38. The van der Waals surface area contributed by atoms with E-state index in [1.54, 1.807) is 6.08 Å². The van der Waals surface area contributed by atoms with E-state index in [-0.39, 0.29) is 18.8 Å². The van der Waals surface area contributed by atoms with E-state index in [9.17, 15) is 8.78 Å². The van der Waals surface area contributed by atoms with Crippen LogP contribution in [-0.2, 0) is 6.61 Å². The number of hydrogen-bond acceptors (Lipinski definition) is 2. The monoisotopic (exact) mass is 361 g/mol. The summed E-state index contributed by atoms with van der Waals surface area (Å²) < 4.78 is 33.9. The average Bonchev–Trinajstić information content (AvgIpc) is 2.66. The molecule has 0 saturated heterocycles. The van der Waals surface area contributed by atoms with Crippen LogP contribution >= 0.6 is 15.9 Å². The second-order valence-electron chi connectivity index (χ2n) is 4.81. The molecule has 2 nitrogen and oxygen atoms in total. The third kappa shape index (κ3) is 2.51. The number of ether oxygens (including phenoxy) is 1. The molecule has 0 spiro atoms. The van der Waals surface area contributed by atoms with Crippen molar-refractivity contribution < 1.29 is 13.5 Å². The highest BCUT2D eigenvalue weighted by Crippen LogP contribution is 2.39. The topological polar surface area (TPSA) is 33.0 Å². The molecule has 110 valence electrons. The van der Waals surface area contributed by atoms with Crippen LogP contribution in [0.25, 0.3) is 5.57 Å². The number of fused-ring (bicyclic) bond motifs is 2. The molecule has 1 aliphatic rings. The van der Waals surface area contributed by atoms with Crippen LogP contribution < -0.4 is 4.74 Å². The predicted molar refractivity (Wildman–Crippen MR) is 82.1 cm³/mol. The summed E-state index contributed by atoms with van der Waals surface area (Å²) in [7, 11) is 0. The van der Waals surface area contributed by atoms with Gasteiger partial charge >= 0.3 is 0 Å². The van der Waals surface area contributed by atoms with Gasteiger partial charge in [0, 0.05) is 10.0 Å². The molecule has 1 heterocycles. The minimum Gasteiger partial charge on any atom is -0.485 e. The van der Waals surface area contributed by atoms with E-state index in [1.165, 1.54) is 6.07 Å². The normalized spacial score (nSPS) is 14.5. The first-order valence-electron chi connectivity index (χ1n) is 6.59. The summed E-state index contributed by atoms with van der Waals surface area (Å²) in [6.07, 6.45) is 1.88. The van der Waals surface area contributed by atoms with Crippen LogP contribution in [0, 0.1) is 23.0 Å². The molecule has 5 heteroatoms. The largest absolute Gasteiger partial charge is 0.485 e. The first kappa shape index (κ1) is 14.7. The van der Waals surface area contributed by atoms with Crippen LogP contribution in [-0.4, -0.2) is 0 Å². The van der Waals surface area contributed by atoms with Gasteiger partial charge in [-0.2, -0.15) is 9.65 Å². The summed E-state index contributed by atoms with van der Waals surface area (Å²) >= 11 is 3.39. The van der Waals surface area contributed by atoms with Gasteiger partial charge < -0.3 is 4.74 Å². The third-order valence-electron chi connectivity index (χ3n) is 3.47. The number of allylic oxidation sites excluding steroid dienone is 1. The highest BCUT2D eigenvalue weighted by molar-refractivity contribution is 9.10. The zero-order valence-corrected chi connectivity index (χ0v) is 13.0. The minimum atomic E-state index is -1.01. The molecule has 0 aliphatic carbocycles. The number of halogens is 3. The Morgan fingerprint density at radius 2 is 2.00 bits per heavy atom. The summed E-state index contributed by atoms with van der Waals surface area (Å²) in [5.74, 6) is -2.07. The zero-order valence-electron chi connectivity index (χ0n) is 11.4. The molecule has 2 aromatic carbocycles. The lowest BCUT2D eigenvalue weighted by atomic mass is 9.93. The Labute approximate surface area is 134 Å². The summed E-state index contributed by atoms with van der Waals surface area (Å²) in [5.41, 5.74) is 2.82. The number of nitrogens with zero attached hydrogens (tertiary/aromatic N) is 1. The minimum absolute atomic E-state index is 0.114. The fraction of sp³-hybridized carbons (Fsp3) is 0.118. The Balaban J connectivity index is 2.27. The lowest BCUT2D eigenvalue weighted by Crippen LogP contribution is -1.98. The lowest BCUT2D eigenvalue weighted by Gasteiger charge is -2.11. The van der Waals surface area contributed by atoms with Crippen molar-refractivity contribution in [2.24, 2.45) is 0 Å². The summed E-state index contributed by atoms with van der Waals surface area (Å²) in [6, 6.07) is 10.2. The number of hydrogen-bond donors (Lipinski definition) is 0. The SMILES string of the molecule is N#CC/C=C1/c2ccc(Br)cc2COc2c1ccc(F)c2F. The Morgan fingerprint density at radius 3 is 2.77 bits per heavy atom. The molecule has 0 bridgehead atoms. The Kier molecular flexibility index (Phi) is 3.95. The first-order chi connectivity index (χ1) is 10.6. The van der Waals surface area contributed by atoms with Gasteiger partial charge in [0.25, 0.3) is 0 Å². The van der Waals surface area contributed by atoms with Crippen molar-refractivity contribution in [2.45, 2.75) is 13.0 Å². The second kappa shape index (κ2) is 5.90. The summed E-state index contributed by atoms with van der Waals surface area (Å²) in [4.78, 5) is 0. The molecule has 22 heavy (non-hydrogen) atoms. The predicted octanol–water partition coefficient (Wildman–Crippen LogP) is 4.97. The number of rotatable bonds is 1. The highest BCUT2D eigenvalue weighted by Gasteiger charge is 2.23. The smallest absolute Gasteiger partial charge is 0.201 e. The molecule has 0 atom stereocenters. The fourth-order valence-corrected chi connectivity index (χ4v) is 2.90. The van der Waals surface area contributed by atoms with E-state index in [0.29, 0.717) is 11.1 Å². The van der Waals surface area contributed by atoms with Crippen molar-refractivity contribution in [1.29, 1.82) is 5.26 Å². The fourth-order valence-electron chi connectivity index (χ4n) is 2.49. The quantitative estimate of drug-likeness (QED) is 0.718. The van der Waals surface area contributed by atoms with Crippen molar-refractivity contribution in [3.8, 4) is 11.8 Å². The maximum Gasteiger partial charge on any atom is 0.201 e. The second-order valence-corrected chi connectivity index (χ2v) is 5.72.